The summed E-state index contributed by atoms with van der Waals surface area (Å²) in [5.74, 6) is 1.50. The highest BCUT2D eigenvalue weighted by Crippen LogP contribution is 2.40. The number of likely N-dealkylation sites (tertiary alicyclic amines) is 1. The number of rotatable bonds is 8. The first kappa shape index (κ1) is 23.3. The smallest absolute Gasteiger partial charge is 0.0234 e. The Kier molecular flexibility index (Phi) is 7.53. The summed E-state index contributed by atoms with van der Waals surface area (Å²) in [6.07, 6.45) is 7.49. The Bertz CT molecular complexity index is 875. The highest BCUT2D eigenvalue weighted by Gasteiger charge is 2.32. The summed E-state index contributed by atoms with van der Waals surface area (Å²) in [5.41, 5.74) is 6.18. The molecule has 32 heavy (non-hydrogen) atoms. The average Bonchev–Trinajstić information content (AvgIpc) is 2.77. The molecule has 2 heteroatoms. The summed E-state index contributed by atoms with van der Waals surface area (Å²) in [5, 5.41) is 0. The van der Waals surface area contributed by atoms with Crippen molar-refractivity contribution in [3.63, 3.8) is 0 Å². The molecule has 2 aromatic carbocycles. The minimum atomic E-state index is 0.242. The first-order chi connectivity index (χ1) is 15.4. The molecule has 2 aliphatic rings. The molecule has 2 bridgehead atoms. The normalized spacial score (nSPS) is 21.6. The fourth-order valence-corrected chi connectivity index (χ4v) is 5.66. The summed E-state index contributed by atoms with van der Waals surface area (Å²) < 4.78 is 0. The van der Waals surface area contributed by atoms with E-state index in [2.05, 4.69) is 98.2 Å². The molecule has 0 radical (unpaired) electrons. The molecule has 0 spiro atoms. The fourth-order valence-electron chi connectivity index (χ4n) is 5.66. The zero-order valence-corrected chi connectivity index (χ0v) is 20.7. The molecule has 2 unspecified atom stereocenters. The molecule has 1 saturated heterocycles. The van der Waals surface area contributed by atoms with Gasteiger partial charge in [-0.2, -0.15) is 0 Å². The quantitative estimate of drug-likeness (QED) is 0.462. The van der Waals surface area contributed by atoms with Crippen molar-refractivity contribution < 1.29 is 0 Å². The van der Waals surface area contributed by atoms with Crippen molar-refractivity contribution in [3.8, 4) is 0 Å². The van der Waals surface area contributed by atoms with E-state index < -0.39 is 0 Å². The van der Waals surface area contributed by atoms with Gasteiger partial charge in [-0.3, -0.25) is 9.80 Å². The molecule has 1 heterocycles. The van der Waals surface area contributed by atoms with Gasteiger partial charge in [-0.25, -0.2) is 0 Å². The SMILES string of the molecule is CCCN(CCc1ccc(C2=CCC3CC2CN(Cc2ccccc2)C3)cc1)C(C)(C)C. The van der Waals surface area contributed by atoms with E-state index in [1.165, 1.54) is 55.6 Å². The Labute approximate surface area is 196 Å². The Morgan fingerprint density at radius 3 is 2.34 bits per heavy atom. The van der Waals surface area contributed by atoms with Gasteiger partial charge in [-0.05, 0) is 87.1 Å². The Balaban J connectivity index is 1.38. The molecular weight excluding hydrogens is 388 g/mol. The number of nitrogens with zero attached hydrogens (tertiary/aromatic N) is 2. The van der Waals surface area contributed by atoms with Crippen LogP contribution in [0.4, 0.5) is 0 Å². The first-order valence-corrected chi connectivity index (χ1v) is 12.7. The summed E-state index contributed by atoms with van der Waals surface area (Å²) in [7, 11) is 0. The Hall–Kier alpha value is -1.90. The van der Waals surface area contributed by atoms with Crippen LogP contribution in [-0.2, 0) is 13.0 Å². The molecule has 1 fully saturated rings. The third kappa shape index (κ3) is 5.91. The molecule has 4 rings (SSSR count). The third-order valence-electron chi connectivity index (χ3n) is 7.37. The van der Waals surface area contributed by atoms with Crippen LogP contribution in [0, 0.1) is 11.8 Å². The van der Waals surface area contributed by atoms with Gasteiger partial charge in [0.05, 0.1) is 0 Å². The first-order valence-electron chi connectivity index (χ1n) is 12.7. The van der Waals surface area contributed by atoms with E-state index in [9.17, 15) is 0 Å². The summed E-state index contributed by atoms with van der Waals surface area (Å²) in [4.78, 5) is 5.30. The lowest BCUT2D eigenvalue weighted by atomic mass is 9.75. The maximum absolute atomic E-state index is 2.68. The van der Waals surface area contributed by atoms with Gasteiger partial charge >= 0.3 is 0 Å². The molecule has 0 aromatic heterocycles. The van der Waals surface area contributed by atoms with E-state index in [1.54, 1.807) is 5.57 Å². The number of hydrogen-bond acceptors (Lipinski definition) is 2. The zero-order chi connectivity index (χ0) is 22.6. The number of piperidine rings is 1. The molecule has 2 aromatic rings. The van der Waals surface area contributed by atoms with Crippen molar-refractivity contribution >= 4 is 5.57 Å². The van der Waals surface area contributed by atoms with Crippen LogP contribution < -0.4 is 0 Å². The van der Waals surface area contributed by atoms with Gasteiger partial charge in [0.25, 0.3) is 0 Å². The number of benzene rings is 2. The van der Waals surface area contributed by atoms with E-state index >= 15 is 0 Å². The molecular formula is C30H42N2. The van der Waals surface area contributed by atoms with Crippen molar-refractivity contribution in [2.45, 2.75) is 65.5 Å². The maximum atomic E-state index is 2.68. The number of allylic oxidation sites excluding steroid dienone is 1. The lowest BCUT2D eigenvalue weighted by Gasteiger charge is -2.41. The van der Waals surface area contributed by atoms with Gasteiger partial charge in [0, 0.05) is 31.7 Å². The van der Waals surface area contributed by atoms with Gasteiger partial charge in [0.2, 0.25) is 0 Å². The third-order valence-corrected chi connectivity index (χ3v) is 7.37. The maximum Gasteiger partial charge on any atom is 0.0234 e. The Morgan fingerprint density at radius 1 is 0.906 bits per heavy atom. The summed E-state index contributed by atoms with van der Waals surface area (Å²) in [6, 6.07) is 20.5. The predicted molar refractivity (Wildman–Crippen MR) is 138 cm³/mol. The second-order valence-corrected chi connectivity index (χ2v) is 11.0. The van der Waals surface area contributed by atoms with Gasteiger partial charge in [0.15, 0.2) is 0 Å². The topological polar surface area (TPSA) is 6.48 Å². The largest absolute Gasteiger partial charge is 0.298 e. The summed E-state index contributed by atoms with van der Waals surface area (Å²) in [6.45, 7) is 15.1. The van der Waals surface area contributed by atoms with Crippen LogP contribution in [0.2, 0.25) is 0 Å². The van der Waals surface area contributed by atoms with Crippen molar-refractivity contribution in [2.24, 2.45) is 11.8 Å². The Morgan fingerprint density at radius 2 is 1.66 bits per heavy atom. The van der Waals surface area contributed by atoms with Gasteiger partial charge in [-0.15, -0.1) is 0 Å². The second-order valence-electron chi connectivity index (χ2n) is 11.0. The van der Waals surface area contributed by atoms with Gasteiger partial charge in [0.1, 0.15) is 0 Å². The minimum absolute atomic E-state index is 0.242. The van der Waals surface area contributed by atoms with Crippen LogP contribution >= 0.6 is 0 Å². The molecule has 0 amide bonds. The molecule has 2 nitrogen and oxygen atoms in total. The van der Waals surface area contributed by atoms with E-state index in [0.717, 1.165) is 25.4 Å². The van der Waals surface area contributed by atoms with Crippen LogP contribution in [0.25, 0.3) is 5.57 Å². The van der Waals surface area contributed by atoms with E-state index in [-0.39, 0.29) is 5.54 Å². The monoisotopic (exact) mass is 430 g/mol. The predicted octanol–water partition coefficient (Wildman–Crippen LogP) is 6.67. The standard InChI is InChI=1S/C30H42N2/c1-5-18-32(30(2,3)4)19-17-24-11-14-27(15-12-24)29-16-13-26-20-28(29)23-31(22-26)21-25-9-7-6-8-10-25/h6-12,14-16,26,28H,5,13,17-23H2,1-4H3. The molecule has 172 valence electrons. The lowest BCUT2D eigenvalue weighted by Crippen LogP contribution is -2.43. The number of fused-ring (bicyclic) bond motifs is 2. The molecule has 0 saturated carbocycles. The fraction of sp³-hybridized carbons (Fsp3) is 0.533. The second kappa shape index (κ2) is 10.4. The highest BCUT2D eigenvalue weighted by atomic mass is 15.2. The molecule has 1 aliphatic heterocycles. The van der Waals surface area contributed by atoms with Gasteiger partial charge in [-0.1, -0.05) is 67.6 Å². The van der Waals surface area contributed by atoms with Crippen LogP contribution in [-0.4, -0.2) is 41.5 Å². The van der Waals surface area contributed by atoms with Crippen molar-refractivity contribution in [1.82, 2.24) is 9.80 Å². The molecule has 1 aliphatic carbocycles. The van der Waals surface area contributed by atoms with E-state index in [4.69, 9.17) is 0 Å². The molecule has 2 atom stereocenters. The average molecular weight is 431 g/mol. The molecule has 0 N–H and O–H groups in total. The minimum Gasteiger partial charge on any atom is -0.298 e. The zero-order valence-electron chi connectivity index (χ0n) is 20.7. The van der Waals surface area contributed by atoms with Crippen molar-refractivity contribution in [1.29, 1.82) is 0 Å². The van der Waals surface area contributed by atoms with Crippen LogP contribution in [0.15, 0.2) is 60.7 Å². The highest BCUT2D eigenvalue weighted by molar-refractivity contribution is 5.69. The van der Waals surface area contributed by atoms with Gasteiger partial charge < -0.3 is 0 Å². The summed E-state index contributed by atoms with van der Waals surface area (Å²) >= 11 is 0. The van der Waals surface area contributed by atoms with E-state index in [0.29, 0.717) is 5.92 Å². The van der Waals surface area contributed by atoms with Crippen molar-refractivity contribution in [2.75, 3.05) is 26.2 Å². The van der Waals surface area contributed by atoms with E-state index in [1.807, 2.05) is 0 Å². The van der Waals surface area contributed by atoms with Crippen LogP contribution in [0.3, 0.4) is 0 Å². The van der Waals surface area contributed by atoms with Crippen LogP contribution in [0.1, 0.15) is 63.6 Å². The number of hydrogen-bond donors (Lipinski definition) is 0. The lowest BCUT2D eigenvalue weighted by molar-refractivity contribution is 0.136. The van der Waals surface area contributed by atoms with Crippen molar-refractivity contribution in [3.05, 3.63) is 77.4 Å². The van der Waals surface area contributed by atoms with Crippen LogP contribution in [0.5, 0.6) is 0 Å².